The molecule has 2 atom stereocenters. The molecule has 0 saturated carbocycles. The quantitative estimate of drug-likeness (QED) is 0.448. The number of aliphatic imine (C=N–C) groups is 1. The second kappa shape index (κ2) is 11.7. The van der Waals surface area contributed by atoms with Crippen LogP contribution in [0, 0.1) is 0 Å². The molecule has 2 saturated heterocycles. The molecule has 2 amide bonds. The van der Waals surface area contributed by atoms with E-state index in [4.69, 9.17) is 15.2 Å². The molecule has 10 nitrogen and oxygen atoms in total. The van der Waals surface area contributed by atoms with E-state index in [0.717, 1.165) is 48.3 Å². The molecule has 4 rings (SSSR count). The Labute approximate surface area is 236 Å². The van der Waals surface area contributed by atoms with Gasteiger partial charge in [-0.3, -0.25) is 9.89 Å². The molecule has 3 N–H and O–H groups in total. The van der Waals surface area contributed by atoms with Gasteiger partial charge in [0.15, 0.2) is 0 Å². The van der Waals surface area contributed by atoms with Crippen molar-refractivity contribution in [3.63, 3.8) is 0 Å². The highest BCUT2D eigenvalue weighted by Crippen LogP contribution is 2.33. The Kier molecular flexibility index (Phi) is 8.56. The van der Waals surface area contributed by atoms with Crippen LogP contribution in [0.1, 0.15) is 84.7 Å². The van der Waals surface area contributed by atoms with E-state index in [0.29, 0.717) is 18.8 Å². The minimum atomic E-state index is -0.543. The van der Waals surface area contributed by atoms with Crippen molar-refractivity contribution in [3.05, 3.63) is 48.1 Å². The molecular weight excluding hydrogens is 508 g/mol. The van der Waals surface area contributed by atoms with Gasteiger partial charge in [0.1, 0.15) is 17.0 Å². The number of carbonyl (C=O) groups is 2. The van der Waals surface area contributed by atoms with Crippen LogP contribution in [0.3, 0.4) is 0 Å². The molecule has 3 heterocycles. The number of amides is 2. The van der Waals surface area contributed by atoms with E-state index in [1.54, 1.807) is 28.4 Å². The smallest absolute Gasteiger partial charge is 0.410 e. The normalized spacial score (nSPS) is 20.4. The number of carbonyl (C=O) groups excluding carboxylic acids is 2. The minimum absolute atomic E-state index is 0.109. The molecule has 0 spiro atoms. The lowest BCUT2D eigenvalue weighted by Gasteiger charge is -2.27. The number of hydrogen-bond acceptors (Lipinski definition) is 7. The van der Waals surface area contributed by atoms with E-state index in [9.17, 15) is 9.59 Å². The van der Waals surface area contributed by atoms with Gasteiger partial charge in [-0.2, -0.15) is 0 Å². The number of nitrogens with two attached hydrogens (primary N) is 1. The topological polar surface area (TPSA) is 126 Å². The SMILES string of the molecule is CC(C)(C)OC(=O)N1CCC[C@H]1C=N/C=C(\N)c1ccc(-c2cnc([C@@H]3CCCN3C(=O)OC(C)(C)C)[nH]2)cc1. The van der Waals surface area contributed by atoms with Gasteiger partial charge in [-0.15, -0.1) is 0 Å². The molecule has 40 heavy (non-hydrogen) atoms. The van der Waals surface area contributed by atoms with E-state index in [1.807, 2.05) is 65.8 Å². The number of nitrogens with zero attached hydrogens (tertiary/aromatic N) is 4. The van der Waals surface area contributed by atoms with Crippen molar-refractivity contribution in [3.8, 4) is 11.3 Å². The lowest BCUT2D eigenvalue weighted by molar-refractivity contribution is 0.0216. The van der Waals surface area contributed by atoms with Crippen molar-refractivity contribution in [2.24, 2.45) is 10.7 Å². The van der Waals surface area contributed by atoms with E-state index in [2.05, 4.69) is 15.0 Å². The second-order valence-corrected chi connectivity index (χ2v) is 12.4. The number of ether oxygens (including phenoxy) is 2. The number of nitrogens with one attached hydrogen (secondary N) is 1. The number of H-pyrrole nitrogens is 1. The summed E-state index contributed by atoms with van der Waals surface area (Å²) in [6.45, 7) is 12.5. The Morgan fingerprint density at radius 3 is 2.23 bits per heavy atom. The molecule has 0 aliphatic carbocycles. The van der Waals surface area contributed by atoms with E-state index >= 15 is 0 Å². The lowest BCUT2D eigenvalue weighted by atomic mass is 10.1. The molecular formula is C30H42N6O4. The van der Waals surface area contributed by atoms with Crippen LogP contribution in [-0.4, -0.2) is 68.5 Å². The first kappa shape index (κ1) is 29.2. The fourth-order valence-electron chi connectivity index (χ4n) is 4.88. The zero-order valence-corrected chi connectivity index (χ0v) is 24.4. The summed E-state index contributed by atoms with van der Waals surface area (Å²) in [5, 5.41) is 0. The third kappa shape index (κ3) is 7.43. The van der Waals surface area contributed by atoms with Crippen molar-refractivity contribution in [2.45, 2.75) is 90.5 Å². The first-order chi connectivity index (χ1) is 18.8. The van der Waals surface area contributed by atoms with Crippen LogP contribution in [0.25, 0.3) is 17.0 Å². The van der Waals surface area contributed by atoms with Gasteiger partial charge in [0.05, 0.1) is 35.9 Å². The zero-order chi connectivity index (χ0) is 29.1. The molecule has 1 aromatic heterocycles. The monoisotopic (exact) mass is 550 g/mol. The van der Waals surface area contributed by atoms with Crippen molar-refractivity contribution in [2.75, 3.05) is 13.1 Å². The van der Waals surface area contributed by atoms with Crippen LogP contribution in [0.2, 0.25) is 0 Å². The third-order valence-electron chi connectivity index (χ3n) is 6.72. The number of hydrogen-bond donors (Lipinski definition) is 2. The van der Waals surface area contributed by atoms with Crippen LogP contribution >= 0.6 is 0 Å². The third-order valence-corrected chi connectivity index (χ3v) is 6.72. The maximum Gasteiger partial charge on any atom is 0.410 e. The molecule has 2 aromatic rings. The largest absolute Gasteiger partial charge is 0.444 e. The Morgan fingerprint density at radius 2 is 1.57 bits per heavy atom. The van der Waals surface area contributed by atoms with Crippen LogP contribution in [0.5, 0.6) is 0 Å². The summed E-state index contributed by atoms with van der Waals surface area (Å²) in [4.78, 5) is 41.0. The molecule has 10 heteroatoms. The van der Waals surface area contributed by atoms with E-state index < -0.39 is 11.2 Å². The maximum absolute atomic E-state index is 12.7. The molecule has 0 radical (unpaired) electrons. The Morgan fingerprint density at radius 1 is 0.975 bits per heavy atom. The van der Waals surface area contributed by atoms with Crippen LogP contribution in [0.15, 0.2) is 41.7 Å². The summed E-state index contributed by atoms with van der Waals surface area (Å²) in [5.74, 6) is 0.753. The van der Waals surface area contributed by atoms with Gasteiger partial charge in [-0.05, 0) is 78.4 Å². The highest BCUT2D eigenvalue weighted by Gasteiger charge is 2.35. The van der Waals surface area contributed by atoms with Crippen LogP contribution < -0.4 is 5.73 Å². The summed E-state index contributed by atoms with van der Waals surface area (Å²) in [7, 11) is 0. The number of aromatic nitrogens is 2. The molecule has 1 aromatic carbocycles. The summed E-state index contributed by atoms with van der Waals surface area (Å²) in [5.41, 5.74) is 8.39. The molecule has 0 unspecified atom stereocenters. The van der Waals surface area contributed by atoms with E-state index in [1.165, 1.54) is 0 Å². The Bertz CT molecular complexity index is 1250. The standard InChI is InChI=1S/C30H42N6O4/c1-29(2,3)39-27(37)35-15-7-9-22(35)17-32-18-23(31)20-11-13-21(14-12-20)24-19-33-26(34-24)25-10-8-16-36(25)28(38)40-30(4,5)6/h11-14,17-19,22,25H,7-10,15-16,31H2,1-6H3,(H,33,34)/b23-18-,32-17?/t22-,25-/m0/s1. The molecule has 2 aliphatic rings. The van der Waals surface area contributed by atoms with Gasteiger partial charge < -0.3 is 25.1 Å². The first-order valence-electron chi connectivity index (χ1n) is 13.9. The highest BCUT2D eigenvalue weighted by atomic mass is 16.6. The van der Waals surface area contributed by atoms with Crippen LogP contribution in [0.4, 0.5) is 9.59 Å². The van der Waals surface area contributed by atoms with Crippen molar-refractivity contribution >= 4 is 24.1 Å². The van der Waals surface area contributed by atoms with Gasteiger partial charge in [-0.25, -0.2) is 14.6 Å². The maximum atomic E-state index is 12.7. The average Bonchev–Trinajstić information content (AvgIpc) is 3.62. The Hall–Kier alpha value is -3.82. The number of likely N-dealkylation sites (tertiary alicyclic amines) is 2. The number of aromatic amines is 1. The predicted molar refractivity (Wildman–Crippen MR) is 156 cm³/mol. The van der Waals surface area contributed by atoms with E-state index in [-0.39, 0.29) is 24.3 Å². The van der Waals surface area contributed by atoms with Gasteiger partial charge in [0.2, 0.25) is 0 Å². The first-order valence-corrected chi connectivity index (χ1v) is 13.9. The zero-order valence-electron chi connectivity index (χ0n) is 24.4. The van der Waals surface area contributed by atoms with Gasteiger partial charge in [0.25, 0.3) is 0 Å². The number of rotatable bonds is 5. The molecule has 0 bridgehead atoms. The molecule has 2 aliphatic heterocycles. The summed E-state index contributed by atoms with van der Waals surface area (Å²) >= 11 is 0. The van der Waals surface area contributed by atoms with Gasteiger partial charge >= 0.3 is 12.2 Å². The van der Waals surface area contributed by atoms with Crippen molar-refractivity contribution in [1.82, 2.24) is 19.8 Å². The number of benzene rings is 1. The van der Waals surface area contributed by atoms with Crippen LogP contribution in [-0.2, 0) is 9.47 Å². The minimum Gasteiger partial charge on any atom is -0.444 e. The van der Waals surface area contributed by atoms with Crippen molar-refractivity contribution in [1.29, 1.82) is 0 Å². The lowest BCUT2D eigenvalue weighted by Crippen LogP contribution is -2.40. The van der Waals surface area contributed by atoms with Gasteiger partial charge in [-0.1, -0.05) is 24.3 Å². The fraction of sp³-hybridized carbons (Fsp3) is 0.533. The number of imidazole rings is 1. The summed E-state index contributed by atoms with van der Waals surface area (Å²) in [6.07, 6.45) is 8.02. The van der Waals surface area contributed by atoms with Crippen molar-refractivity contribution < 1.29 is 19.1 Å². The highest BCUT2D eigenvalue weighted by molar-refractivity contribution is 5.77. The predicted octanol–water partition coefficient (Wildman–Crippen LogP) is 5.88. The molecule has 2 fully saturated rings. The molecule has 216 valence electrons. The summed E-state index contributed by atoms with van der Waals surface area (Å²) < 4.78 is 11.1. The summed E-state index contributed by atoms with van der Waals surface area (Å²) in [6, 6.07) is 7.56. The van der Waals surface area contributed by atoms with Gasteiger partial charge in [0, 0.05) is 19.3 Å². The average molecular weight is 551 g/mol. The Balaban J connectivity index is 1.39. The fourth-order valence-corrected chi connectivity index (χ4v) is 4.88. The second-order valence-electron chi connectivity index (χ2n) is 12.4.